The second-order valence-corrected chi connectivity index (χ2v) is 7.97. The second-order valence-electron chi connectivity index (χ2n) is 5.93. The lowest BCUT2D eigenvalue weighted by Crippen LogP contribution is -2.36. The molecule has 1 fully saturated rings. The smallest absolute Gasteiger partial charge is 0.272 e. The number of hydrogen-bond donors (Lipinski definition) is 1. The maximum Gasteiger partial charge on any atom is 0.272 e. The van der Waals surface area contributed by atoms with Crippen LogP contribution in [0.1, 0.15) is 28.0 Å². The first-order valence-electron chi connectivity index (χ1n) is 7.89. The van der Waals surface area contributed by atoms with Crippen molar-refractivity contribution < 1.29 is 0 Å². The van der Waals surface area contributed by atoms with Crippen molar-refractivity contribution in [3.05, 3.63) is 50.0 Å². The lowest BCUT2D eigenvalue weighted by atomic mass is 10.2. The minimum atomic E-state index is -0.200. The Morgan fingerprint density at radius 1 is 1.48 bits per heavy atom. The van der Waals surface area contributed by atoms with E-state index in [4.69, 9.17) is 0 Å². The molecule has 0 saturated carbocycles. The van der Waals surface area contributed by atoms with Crippen molar-refractivity contribution in [1.29, 1.82) is 5.26 Å². The highest BCUT2D eigenvalue weighted by molar-refractivity contribution is 7.99. The first-order valence-corrected chi connectivity index (χ1v) is 9.93. The van der Waals surface area contributed by atoms with Crippen LogP contribution < -0.4 is 5.56 Å². The van der Waals surface area contributed by atoms with Gasteiger partial charge in [-0.05, 0) is 6.92 Å². The molecule has 0 aromatic carbocycles. The Balaban J connectivity index is 1.67. The molecule has 3 aromatic rings. The molecular formula is C16H16N6OS2. The summed E-state index contributed by atoms with van der Waals surface area (Å²) in [6.45, 7) is 3.50. The normalized spacial score (nSPS) is 18.5. The molecule has 4 heterocycles. The summed E-state index contributed by atoms with van der Waals surface area (Å²) in [6.07, 6.45) is 1.51. The fourth-order valence-corrected chi connectivity index (χ4v) is 5.14. The first kappa shape index (κ1) is 16.3. The minimum absolute atomic E-state index is 0.200. The van der Waals surface area contributed by atoms with E-state index in [1.54, 1.807) is 11.3 Å². The summed E-state index contributed by atoms with van der Waals surface area (Å²) in [6, 6.07) is 3.84. The predicted molar refractivity (Wildman–Crippen MR) is 97.9 cm³/mol. The van der Waals surface area contributed by atoms with Gasteiger partial charge in [-0.3, -0.25) is 14.8 Å². The Labute approximate surface area is 152 Å². The number of nitrogens with one attached hydrogen (secondary N) is 1. The van der Waals surface area contributed by atoms with Crippen LogP contribution in [0.15, 0.2) is 22.4 Å². The molecule has 0 amide bonds. The molecule has 1 N–H and O–H groups in total. The van der Waals surface area contributed by atoms with E-state index in [0.29, 0.717) is 23.4 Å². The van der Waals surface area contributed by atoms with Crippen LogP contribution in [-0.2, 0) is 6.54 Å². The van der Waals surface area contributed by atoms with Crippen LogP contribution in [0.4, 0.5) is 0 Å². The van der Waals surface area contributed by atoms with Crippen molar-refractivity contribution in [2.75, 3.05) is 18.1 Å². The third kappa shape index (κ3) is 3.08. The Bertz CT molecular complexity index is 1010. The molecule has 1 aliphatic heterocycles. The number of aryl methyl sites for hydroxylation is 1. The molecule has 4 rings (SSSR count). The predicted octanol–water partition coefficient (Wildman–Crippen LogP) is 1.95. The SMILES string of the molecule is Cc1csc(C2CSCCN2Cc2cc(=O)n3[nH]cc(C#N)c3n2)n1. The molecule has 1 saturated heterocycles. The zero-order valence-electron chi connectivity index (χ0n) is 13.6. The number of rotatable bonds is 3. The van der Waals surface area contributed by atoms with E-state index in [1.165, 1.54) is 16.8 Å². The summed E-state index contributed by atoms with van der Waals surface area (Å²) in [4.78, 5) is 23.8. The molecule has 25 heavy (non-hydrogen) atoms. The molecule has 0 radical (unpaired) electrons. The van der Waals surface area contributed by atoms with Gasteiger partial charge in [0.2, 0.25) is 0 Å². The van der Waals surface area contributed by atoms with Gasteiger partial charge in [0, 0.05) is 47.9 Å². The second kappa shape index (κ2) is 6.63. The summed E-state index contributed by atoms with van der Waals surface area (Å²) in [5.74, 6) is 2.04. The van der Waals surface area contributed by atoms with E-state index >= 15 is 0 Å². The minimum Gasteiger partial charge on any atom is -0.295 e. The van der Waals surface area contributed by atoms with Gasteiger partial charge in [0.05, 0.1) is 11.7 Å². The average Bonchev–Trinajstić information content (AvgIpc) is 3.21. The lowest BCUT2D eigenvalue weighted by Gasteiger charge is -2.33. The zero-order valence-corrected chi connectivity index (χ0v) is 15.2. The largest absolute Gasteiger partial charge is 0.295 e. The number of fused-ring (bicyclic) bond motifs is 1. The van der Waals surface area contributed by atoms with Crippen LogP contribution >= 0.6 is 23.1 Å². The standard InChI is InChI=1S/C16H16N6OS2/c1-10-8-25-16(19-10)13-9-24-3-2-21(13)7-12-4-14(23)22-15(20-12)11(5-17)6-18-22/h4,6,8,13,18H,2-3,7,9H2,1H3. The van der Waals surface area contributed by atoms with Crippen molar-refractivity contribution in [1.82, 2.24) is 24.5 Å². The summed E-state index contributed by atoms with van der Waals surface area (Å²) in [7, 11) is 0. The average molecular weight is 372 g/mol. The van der Waals surface area contributed by atoms with Gasteiger partial charge in [-0.25, -0.2) is 14.5 Å². The number of H-pyrrole nitrogens is 1. The fraction of sp³-hybridized carbons (Fsp3) is 0.375. The molecule has 1 unspecified atom stereocenters. The fourth-order valence-electron chi connectivity index (χ4n) is 2.98. The van der Waals surface area contributed by atoms with Gasteiger partial charge in [0.15, 0.2) is 5.65 Å². The van der Waals surface area contributed by atoms with E-state index in [-0.39, 0.29) is 11.6 Å². The third-order valence-electron chi connectivity index (χ3n) is 4.20. The quantitative estimate of drug-likeness (QED) is 0.756. The number of thioether (sulfide) groups is 1. The number of hydrogen-bond acceptors (Lipinski definition) is 7. The highest BCUT2D eigenvalue weighted by Crippen LogP contribution is 2.32. The monoisotopic (exact) mass is 372 g/mol. The van der Waals surface area contributed by atoms with E-state index in [1.807, 2.05) is 18.7 Å². The topological polar surface area (TPSA) is 90.1 Å². The van der Waals surface area contributed by atoms with Crippen LogP contribution in [0.5, 0.6) is 0 Å². The van der Waals surface area contributed by atoms with Crippen LogP contribution in [0.3, 0.4) is 0 Å². The van der Waals surface area contributed by atoms with Gasteiger partial charge in [-0.1, -0.05) is 0 Å². The molecule has 0 spiro atoms. The molecule has 7 nitrogen and oxygen atoms in total. The van der Waals surface area contributed by atoms with Gasteiger partial charge >= 0.3 is 0 Å². The first-order chi connectivity index (χ1) is 12.2. The molecule has 9 heteroatoms. The Morgan fingerprint density at radius 2 is 2.36 bits per heavy atom. The maximum absolute atomic E-state index is 12.3. The Hall–Kier alpha value is -2.15. The summed E-state index contributed by atoms with van der Waals surface area (Å²) in [5.41, 5.74) is 2.29. The van der Waals surface area contributed by atoms with Crippen molar-refractivity contribution >= 4 is 28.7 Å². The third-order valence-corrected chi connectivity index (χ3v) is 6.28. The summed E-state index contributed by atoms with van der Waals surface area (Å²) in [5, 5.41) is 15.1. The van der Waals surface area contributed by atoms with Crippen LogP contribution in [0.2, 0.25) is 0 Å². The molecular weight excluding hydrogens is 356 g/mol. The van der Waals surface area contributed by atoms with Gasteiger partial charge in [0.25, 0.3) is 5.56 Å². The molecule has 1 aliphatic rings. The van der Waals surface area contributed by atoms with E-state index in [0.717, 1.165) is 28.8 Å². The number of aromatic nitrogens is 4. The van der Waals surface area contributed by atoms with Crippen molar-refractivity contribution in [2.45, 2.75) is 19.5 Å². The molecule has 0 aliphatic carbocycles. The number of thiazole rings is 1. The van der Waals surface area contributed by atoms with Crippen LogP contribution in [0.25, 0.3) is 5.65 Å². The Morgan fingerprint density at radius 3 is 3.12 bits per heavy atom. The highest BCUT2D eigenvalue weighted by Gasteiger charge is 2.27. The van der Waals surface area contributed by atoms with E-state index < -0.39 is 0 Å². The van der Waals surface area contributed by atoms with Crippen LogP contribution in [-0.4, -0.2) is 42.5 Å². The molecule has 1 atom stereocenters. The van der Waals surface area contributed by atoms with Crippen molar-refractivity contribution in [3.8, 4) is 6.07 Å². The summed E-state index contributed by atoms with van der Waals surface area (Å²) < 4.78 is 1.30. The molecule has 0 bridgehead atoms. The Kier molecular flexibility index (Phi) is 4.33. The maximum atomic E-state index is 12.3. The number of nitrogens with zero attached hydrogens (tertiary/aromatic N) is 5. The number of aromatic amines is 1. The van der Waals surface area contributed by atoms with E-state index in [9.17, 15) is 10.1 Å². The molecule has 3 aromatic heterocycles. The lowest BCUT2D eigenvalue weighted by molar-refractivity contribution is 0.209. The van der Waals surface area contributed by atoms with Crippen LogP contribution in [0, 0.1) is 18.3 Å². The van der Waals surface area contributed by atoms with Gasteiger partial charge in [0.1, 0.15) is 16.6 Å². The zero-order chi connectivity index (χ0) is 17.4. The van der Waals surface area contributed by atoms with Crippen molar-refractivity contribution in [2.24, 2.45) is 0 Å². The van der Waals surface area contributed by atoms with E-state index in [2.05, 4.69) is 31.4 Å². The molecule has 128 valence electrons. The van der Waals surface area contributed by atoms with Gasteiger partial charge in [-0.15, -0.1) is 11.3 Å². The highest BCUT2D eigenvalue weighted by atomic mass is 32.2. The van der Waals surface area contributed by atoms with Crippen molar-refractivity contribution in [3.63, 3.8) is 0 Å². The number of nitriles is 1. The summed E-state index contributed by atoms with van der Waals surface area (Å²) >= 11 is 3.61. The van der Waals surface area contributed by atoms with Gasteiger partial charge in [-0.2, -0.15) is 17.0 Å². The van der Waals surface area contributed by atoms with Gasteiger partial charge < -0.3 is 0 Å².